The molecule has 7 nitrogen and oxygen atoms in total. The van der Waals surface area contributed by atoms with E-state index in [1.165, 1.54) is 5.56 Å². The van der Waals surface area contributed by atoms with Crippen LogP contribution in [0.3, 0.4) is 0 Å². The van der Waals surface area contributed by atoms with Gasteiger partial charge in [0.05, 0.1) is 11.9 Å². The molecule has 1 aliphatic rings. The second kappa shape index (κ2) is 10.5. The van der Waals surface area contributed by atoms with Crippen LogP contribution in [-0.4, -0.2) is 43.4 Å². The standard InChI is InChI=1S/C33H38N4O3/c1-8-37-29-10-9-27(23(7)32(29)34-35-37)28(16-30(38)39)24-14-20(4)26-11-12-36(17-25(26)15-24)33(40)31-21(5)18(2)13-19(3)22(31)6/h9-10,13-15,28H,8,11-12,16-17H2,1-7H3,(H,38,39). The molecule has 0 saturated heterocycles. The minimum absolute atomic E-state index is 0.0317. The lowest BCUT2D eigenvalue weighted by molar-refractivity contribution is -0.137. The molecule has 1 aliphatic heterocycles. The molecule has 4 aromatic rings. The topological polar surface area (TPSA) is 88.3 Å². The normalized spacial score (nSPS) is 13.9. The minimum atomic E-state index is -0.852. The fourth-order valence-electron chi connectivity index (χ4n) is 6.40. The zero-order valence-electron chi connectivity index (χ0n) is 24.6. The second-order valence-electron chi connectivity index (χ2n) is 11.3. The first-order chi connectivity index (χ1) is 19.0. The summed E-state index contributed by atoms with van der Waals surface area (Å²) in [6.45, 7) is 16.2. The van der Waals surface area contributed by atoms with Crippen LogP contribution in [-0.2, 0) is 24.3 Å². The quantitative estimate of drug-likeness (QED) is 0.320. The van der Waals surface area contributed by atoms with Crippen molar-refractivity contribution in [2.75, 3.05) is 6.54 Å². The lowest BCUT2D eigenvalue weighted by atomic mass is 9.82. The van der Waals surface area contributed by atoms with Gasteiger partial charge < -0.3 is 10.0 Å². The summed E-state index contributed by atoms with van der Waals surface area (Å²) >= 11 is 0. The number of amides is 1. The molecule has 1 unspecified atom stereocenters. The molecule has 1 atom stereocenters. The molecule has 208 valence electrons. The van der Waals surface area contributed by atoms with Crippen molar-refractivity contribution in [2.24, 2.45) is 0 Å². The number of aryl methyl sites for hydroxylation is 5. The average molecular weight is 539 g/mol. The summed E-state index contributed by atoms with van der Waals surface area (Å²) < 4.78 is 1.85. The third-order valence-electron chi connectivity index (χ3n) is 8.89. The highest BCUT2D eigenvalue weighted by Crippen LogP contribution is 2.36. The van der Waals surface area contributed by atoms with Crippen LogP contribution in [0.25, 0.3) is 11.0 Å². The Bertz CT molecular complexity index is 1640. The Kier molecular flexibility index (Phi) is 7.25. The van der Waals surface area contributed by atoms with Gasteiger partial charge in [0.15, 0.2) is 0 Å². The molecule has 1 N–H and O–H groups in total. The van der Waals surface area contributed by atoms with Crippen LogP contribution in [0.5, 0.6) is 0 Å². The average Bonchev–Trinajstić information content (AvgIpc) is 3.35. The van der Waals surface area contributed by atoms with Gasteiger partial charge in [-0.15, -0.1) is 5.10 Å². The molecule has 1 aromatic heterocycles. The van der Waals surface area contributed by atoms with Gasteiger partial charge in [0.1, 0.15) is 5.52 Å². The molecular formula is C33H38N4O3. The van der Waals surface area contributed by atoms with Crippen LogP contribution in [0.2, 0.25) is 0 Å². The van der Waals surface area contributed by atoms with Crippen molar-refractivity contribution in [3.05, 3.63) is 91.5 Å². The van der Waals surface area contributed by atoms with E-state index in [-0.39, 0.29) is 18.2 Å². The molecule has 0 bridgehead atoms. The lowest BCUT2D eigenvalue weighted by Gasteiger charge is -2.32. The van der Waals surface area contributed by atoms with Crippen molar-refractivity contribution >= 4 is 22.9 Å². The number of fused-ring (bicyclic) bond motifs is 2. The van der Waals surface area contributed by atoms with Gasteiger partial charge in [-0.05, 0) is 117 Å². The van der Waals surface area contributed by atoms with E-state index < -0.39 is 5.97 Å². The zero-order valence-corrected chi connectivity index (χ0v) is 24.6. The molecule has 2 heterocycles. The van der Waals surface area contributed by atoms with E-state index >= 15 is 0 Å². The first-order valence-electron chi connectivity index (χ1n) is 14.0. The van der Waals surface area contributed by atoms with E-state index in [0.717, 1.165) is 73.1 Å². The summed E-state index contributed by atoms with van der Waals surface area (Å²) in [5.41, 5.74) is 13.3. The van der Waals surface area contributed by atoms with E-state index in [1.807, 2.05) is 49.4 Å². The molecule has 0 radical (unpaired) electrons. The van der Waals surface area contributed by atoms with Crippen molar-refractivity contribution in [1.29, 1.82) is 0 Å². The third-order valence-corrected chi connectivity index (χ3v) is 8.89. The first-order valence-corrected chi connectivity index (χ1v) is 14.0. The molecular weight excluding hydrogens is 500 g/mol. The van der Waals surface area contributed by atoms with E-state index in [4.69, 9.17) is 0 Å². The molecule has 40 heavy (non-hydrogen) atoms. The minimum Gasteiger partial charge on any atom is -0.481 e. The maximum Gasteiger partial charge on any atom is 0.304 e. The zero-order chi connectivity index (χ0) is 28.9. The summed E-state index contributed by atoms with van der Waals surface area (Å²) in [6, 6.07) is 10.4. The highest BCUT2D eigenvalue weighted by Gasteiger charge is 2.28. The van der Waals surface area contributed by atoms with Crippen molar-refractivity contribution in [1.82, 2.24) is 19.9 Å². The Morgan fingerprint density at radius 2 is 1.65 bits per heavy atom. The number of aromatic nitrogens is 3. The number of carboxylic acid groups (broad SMARTS) is 1. The Labute approximate surface area is 235 Å². The first kappa shape index (κ1) is 27.6. The Morgan fingerprint density at radius 3 is 2.30 bits per heavy atom. The number of hydrogen-bond acceptors (Lipinski definition) is 4. The van der Waals surface area contributed by atoms with Crippen molar-refractivity contribution in [3.63, 3.8) is 0 Å². The number of hydrogen-bond donors (Lipinski definition) is 1. The number of rotatable bonds is 6. The van der Waals surface area contributed by atoms with Gasteiger partial charge in [-0.3, -0.25) is 9.59 Å². The summed E-state index contributed by atoms with van der Waals surface area (Å²) in [6.07, 6.45) is 0.751. The monoisotopic (exact) mass is 538 g/mol. The summed E-state index contributed by atoms with van der Waals surface area (Å²) in [7, 11) is 0. The molecule has 3 aromatic carbocycles. The molecule has 7 heteroatoms. The Morgan fingerprint density at radius 1 is 0.950 bits per heavy atom. The maximum absolute atomic E-state index is 13.9. The molecule has 0 fully saturated rings. The van der Waals surface area contributed by atoms with Gasteiger partial charge in [0.2, 0.25) is 0 Å². The van der Waals surface area contributed by atoms with Gasteiger partial charge in [-0.1, -0.05) is 29.5 Å². The maximum atomic E-state index is 13.9. The molecule has 5 rings (SSSR count). The fourth-order valence-corrected chi connectivity index (χ4v) is 6.40. The van der Waals surface area contributed by atoms with E-state index in [2.05, 4.69) is 49.3 Å². The number of benzene rings is 3. The number of carbonyl (C=O) groups excluding carboxylic acids is 1. The van der Waals surface area contributed by atoms with Crippen LogP contribution in [0.15, 0.2) is 30.3 Å². The van der Waals surface area contributed by atoms with Crippen LogP contribution < -0.4 is 0 Å². The highest BCUT2D eigenvalue weighted by molar-refractivity contribution is 5.98. The number of aliphatic carboxylic acids is 1. The largest absolute Gasteiger partial charge is 0.481 e. The third kappa shape index (κ3) is 4.67. The van der Waals surface area contributed by atoms with Crippen molar-refractivity contribution in [3.8, 4) is 0 Å². The Hall–Kier alpha value is -4.00. The predicted molar refractivity (Wildman–Crippen MR) is 157 cm³/mol. The van der Waals surface area contributed by atoms with E-state index in [1.54, 1.807) is 0 Å². The van der Waals surface area contributed by atoms with E-state index in [0.29, 0.717) is 19.6 Å². The molecule has 0 aliphatic carbocycles. The van der Waals surface area contributed by atoms with Crippen LogP contribution >= 0.6 is 0 Å². The Balaban J connectivity index is 1.55. The van der Waals surface area contributed by atoms with Gasteiger partial charge >= 0.3 is 5.97 Å². The van der Waals surface area contributed by atoms with Gasteiger partial charge in [-0.2, -0.15) is 0 Å². The van der Waals surface area contributed by atoms with E-state index in [9.17, 15) is 14.7 Å². The second-order valence-corrected chi connectivity index (χ2v) is 11.3. The van der Waals surface area contributed by atoms with Gasteiger partial charge in [0.25, 0.3) is 5.91 Å². The van der Waals surface area contributed by atoms with Crippen molar-refractivity contribution < 1.29 is 14.7 Å². The summed E-state index contributed by atoms with van der Waals surface area (Å²) in [5.74, 6) is -1.12. The van der Waals surface area contributed by atoms with Crippen LogP contribution in [0.4, 0.5) is 0 Å². The number of nitrogens with zero attached hydrogens (tertiary/aromatic N) is 4. The molecule has 0 spiro atoms. The van der Waals surface area contributed by atoms with Gasteiger partial charge in [0, 0.05) is 31.1 Å². The predicted octanol–water partition coefficient (Wildman–Crippen LogP) is 6.11. The number of carbonyl (C=O) groups is 2. The smallest absolute Gasteiger partial charge is 0.304 e. The molecule has 0 saturated carbocycles. The SMILES string of the molecule is CCn1nnc2c(C)c(C(CC(=O)O)c3cc(C)c4c(c3)CN(C(=O)c3c(C)c(C)cc(C)c3C)CC4)ccc21. The lowest BCUT2D eigenvalue weighted by Crippen LogP contribution is -2.37. The van der Waals surface area contributed by atoms with Crippen molar-refractivity contribution in [2.45, 2.75) is 80.3 Å². The van der Waals surface area contributed by atoms with Crippen LogP contribution in [0, 0.1) is 41.5 Å². The highest BCUT2D eigenvalue weighted by atomic mass is 16.4. The summed E-state index contributed by atoms with van der Waals surface area (Å²) in [4.78, 5) is 27.9. The van der Waals surface area contributed by atoms with Gasteiger partial charge in [-0.25, -0.2) is 4.68 Å². The van der Waals surface area contributed by atoms with Crippen LogP contribution in [0.1, 0.15) is 85.3 Å². The summed E-state index contributed by atoms with van der Waals surface area (Å²) in [5, 5.41) is 18.6. The molecule has 1 amide bonds. The number of carboxylic acids is 1. The fraction of sp³-hybridized carbons (Fsp3) is 0.394.